The topological polar surface area (TPSA) is 56.6 Å². The van der Waals surface area contributed by atoms with Gasteiger partial charge >= 0.3 is 0 Å². The lowest BCUT2D eigenvalue weighted by Gasteiger charge is -2.23. The quantitative estimate of drug-likeness (QED) is 0.784. The van der Waals surface area contributed by atoms with Crippen molar-refractivity contribution < 1.29 is 19.0 Å². The van der Waals surface area contributed by atoms with Gasteiger partial charge in [-0.1, -0.05) is 6.07 Å². The molecule has 1 heterocycles. The molecule has 0 bridgehead atoms. The molecule has 4 nitrogen and oxygen atoms in total. The van der Waals surface area contributed by atoms with Crippen LogP contribution in [0.15, 0.2) is 12.1 Å². The third-order valence-electron chi connectivity index (χ3n) is 2.40. The van der Waals surface area contributed by atoms with Crippen LogP contribution < -0.4 is 4.90 Å². The molecule has 17 heavy (non-hydrogen) atoms. The van der Waals surface area contributed by atoms with E-state index in [4.69, 9.17) is 10.2 Å². The average molecular weight is 246 g/mol. The van der Waals surface area contributed by atoms with Gasteiger partial charge in [0.1, 0.15) is 5.82 Å². The summed E-state index contributed by atoms with van der Waals surface area (Å²) in [6.45, 7) is 0.998. The van der Waals surface area contributed by atoms with Crippen molar-refractivity contribution >= 4 is 5.82 Å². The highest BCUT2D eigenvalue weighted by atomic mass is 19.3. The number of aromatic nitrogens is 1. The van der Waals surface area contributed by atoms with E-state index in [1.54, 1.807) is 19.1 Å². The molecule has 0 saturated heterocycles. The lowest BCUT2D eigenvalue weighted by molar-refractivity contribution is 0.152. The summed E-state index contributed by atoms with van der Waals surface area (Å²) in [6, 6.07) is 3.21. The Labute approximate surface area is 98.5 Å². The predicted octanol–water partition coefficient (Wildman–Crippen LogP) is 0.946. The fraction of sp³-hybridized carbons (Fsp3) is 0.545. The number of aliphatic hydroxyl groups is 2. The van der Waals surface area contributed by atoms with Gasteiger partial charge in [0.2, 0.25) is 0 Å². The van der Waals surface area contributed by atoms with Crippen molar-refractivity contribution in [2.24, 2.45) is 0 Å². The van der Waals surface area contributed by atoms with Gasteiger partial charge < -0.3 is 15.1 Å². The molecule has 0 aliphatic heterocycles. The second kappa shape index (κ2) is 6.46. The summed E-state index contributed by atoms with van der Waals surface area (Å²) in [4.78, 5) is 5.46. The Morgan fingerprint density at radius 2 is 2.06 bits per heavy atom. The molecule has 1 aromatic heterocycles. The van der Waals surface area contributed by atoms with E-state index in [2.05, 4.69) is 4.98 Å². The maximum Gasteiger partial charge on any atom is 0.255 e. The van der Waals surface area contributed by atoms with Crippen LogP contribution in [0.25, 0.3) is 0 Å². The molecular weight excluding hydrogens is 230 g/mol. The molecule has 2 N–H and O–H groups in total. The normalized spacial score (nSPS) is 10.9. The lowest BCUT2D eigenvalue weighted by Crippen LogP contribution is -2.32. The zero-order chi connectivity index (χ0) is 12.8. The van der Waals surface area contributed by atoms with Crippen molar-refractivity contribution in [3.05, 3.63) is 23.4 Å². The highest BCUT2D eigenvalue weighted by molar-refractivity contribution is 5.41. The largest absolute Gasteiger partial charge is 0.395 e. The Kier molecular flexibility index (Phi) is 5.24. The van der Waals surface area contributed by atoms with E-state index in [9.17, 15) is 8.78 Å². The van der Waals surface area contributed by atoms with Gasteiger partial charge in [-0.05, 0) is 18.6 Å². The van der Waals surface area contributed by atoms with Gasteiger partial charge in [-0.2, -0.15) is 0 Å². The summed E-state index contributed by atoms with van der Waals surface area (Å²) in [5, 5.41) is 17.8. The van der Waals surface area contributed by atoms with Gasteiger partial charge in [0, 0.05) is 12.2 Å². The molecule has 0 radical (unpaired) electrons. The van der Waals surface area contributed by atoms with Crippen LogP contribution in [0.2, 0.25) is 0 Å². The number of halogens is 2. The van der Waals surface area contributed by atoms with Gasteiger partial charge in [0.05, 0.1) is 19.8 Å². The minimum Gasteiger partial charge on any atom is -0.395 e. The Bertz CT molecular complexity index is 361. The van der Waals surface area contributed by atoms with Gasteiger partial charge in [-0.25, -0.2) is 13.8 Å². The van der Waals surface area contributed by atoms with Crippen LogP contribution in [0, 0.1) is 6.92 Å². The second-order valence-electron chi connectivity index (χ2n) is 3.63. The maximum atomic E-state index is 12.3. The predicted molar refractivity (Wildman–Crippen MR) is 60.2 cm³/mol. The van der Waals surface area contributed by atoms with Crippen molar-refractivity contribution in [2.75, 3.05) is 24.6 Å². The van der Waals surface area contributed by atoms with E-state index in [0.29, 0.717) is 17.1 Å². The van der Waals surface area contributed by atoms with E-state index in [1.165, 1.54) is 4.90 Å². The van der Waals surface area contributed by atoms with Crippen LogP contribution in [0.4, 0.5) is 14.6 Å². The summed E-state index contributed by atoms with van der Waals surface area (Å²) in [5.74, 6) is 0.383. The van der Waals surface area contributed by atoms with E-state index in [-0.39, 0.29) is 19.8 Å². The number of hydrogen-bond donors (Lipinski definition) is 2. The number of rotatable bonds is 6. The first-order valence-corrected chi connectivity index (χ1v) is 5.29. The molecule has 0 aliphatic carbocycles. The maximum absolute atomic E-state index is 12.3. The van der Waals surface area contributed by atoms with Gasteiger partial charge in [0.15, 0.2) is 0 Å². The molecule has 0 saturated carbocycles. The van der Waals surface area contributed by atoms with Crippen LogP contribution in [-0.2, 0) is 6.61 Å². The molecular formula is C11H16F2N2O2. The second-order valence-corrected chi connectivity index (χ2v) is 3.63. The van der Waals surface area contributed by atoms with E-state index >= 15 is 0 Å². The van der Waals surface area contributed by atoms with Crippen molar-refractivity contribution in [1.29, 1.82) is 0 Å². The molecule has 0 fully saturated rings. The summed E-state index contributed by atoms with van der Waals surface area (Å²) < 4.78 is 24.7. The Balaban J connectivity index is 2.89. The average Bonchev–Trinajstić information content (AvgIpc) is 2.28. The van der Waals surface area contributed by atoms with Crippen LogP contribution in [0.1, 0.15) is 11.3 Å². The third-order valence-corrected chi connectivity index (χ3v) is 2.40. The first-order chi connectivity index (χ1) is 8.08. The monoisotopic (exact) mass is 246 g/mol. The molecule has 0 aromatic carbocycles. The zero-order valence-electron chi connectivity index (χ0n) is 9.61. The molecule has 0 amide bonds. The van der Waals surface area contributed by atoms with Gasteiger partial charge in [0.25, 0.3) is 6.43 Å². The van der Waals surface area contributed by atoms with Crippen molar-refractivity contribution in [1.82, 2.24) is 4.98 Å². The fourth-order valence-electron chi connectivity index (χ4n) is 1.51. The molecule has 0 aliphatic rings. The fourth-order valence-corrected chi connectivity index (χ4v) is 1.51. The SMILES string of the molecule is Cc1nc(N(CCO)CC(F)F)ccc1CO. The minimum atomic E-state index is -2.49. The molecule has 1 rings (SSSR count). The highest BCUT2D eigenvalue weighted by Gasteiger charge is 2.14. The van der Waals surface area contributed by atoms with Crippen LogP contribution >= 0.6 is 0 Å². The number of aryl methyl sites for hydroxylation is 1. The van der Waals surface area contributed by atoms with Crippen molar-refractivity contribution in [3.63, 3.8) is 0 Å². The standard InChI is InChI=1S/C11H16F2N2O2/c1-8-9(7-17)2-3-11(14-8)15(4-5-16)6-10(12)13/h2-3,10,16-17H,4-7H2,1H3. The van der Waals surface area contributed by atoms with Gasteiger partial charge in [-0.15, -0.1) is 0 Å². The number of anilines is 1. The number of alkyl halides is 2. The van der Waals surface area contributed by atoms with E-state index in [0.717, 1.165) is 0 Å². The van der Waals surface area contributed by atoms with Gasteiger partial charge in [-0.3, -0.25) is 0 Å². The van der Waals surface area contributed by atoms with Crippen LogP contribution in [-0.4, -0.2) is 41.3 Å². The molecule has 96 valence electrons. The third kappa shape index (κ3) is 3.90. The first-order valence-electron chi connectivity index (χ1n) is 5.29. The summed E-state index contributed by atoms with van der Waals surface area (Å²) in [7, 11) is 0. The Hall–Kier alpha value is -1.27. The lowest BCUT2D eigenvalue weighted by atomic mass is 10.2. The number of nitrogens with zero attached hydrogens (tertiary/aromatic N) is 2. The van der Waals surface area contributed by atoms with Crippen LogP contribution in [0.5, 0.6) is 0 Å². The molecule has 0 spiro atoms. The zero-order valence-corrected chi connectivity index (χ0v) is 9.61. The molecule has 0 atom stereocenters. The Morgan fingerprint density at radius 3 is 2.53 bits per heavy atom. The summed E-state index contributed by atoms with van der Waals surface area (Å²) in [5.41, 5.74) is 1.26. The van der Waals surface area contributed by atoms with Crippen molar-refractivity contribution in [2.45, 2.75) is 20.0 Å². The van der Waals surface area contributed by atoms with Crippen LogP contribution in [0.3, 0.4) is 0 Å². The van der Waals surface area contributed by atoms with E-state index in [1.807, 2.05) is 0 Å². The minimum absolute atomic E-state index is 0.106. The molecule has 0 unspecified atom stereocenters. The first kappa shape index (κ1) is 13.8. The number of pyridine rings is 1. The highest BCUT2D eigenvalue weighted by Crippen LogP contribution is 2.16. The number of hydrogen-bond acceptors (Lipinski definition) is 4. The molecule has 1 aromatic rings. The Morgan fingerprint density at radius 1 is 1.35 bits per heavy atom. The summed E-state index contributed by atoms with van der Waals surface area (Å²) >= 11 is 0. The molecule has 6 heteroatoms. The number of aliphatic hydroxyl groups excluding tert-OH is 2. The van der Waals surface area contributed by atoms with Crippen molar-refractivity contribution in [3.8, 4) is 0 Å². The smallest absolute Gasteiger partial charge is 0.255 e. The summed E-state index contributed by atoms with van der Waals surface area (Å²) in [6.07, 6.45) is -2.49. The van der Waals surface area contributed by atoms with E-state index < -0.39 is 13.0 Å².